The average molecular weight is 234 g/mol. The number of aryl methyl sites for hydroxylation is 1. The first kappa shape index (κ1) is 10.3. The average Bonchev–Trinajstić information content (AvgIpc) is 2.28. The van der Waals surface area contributed by atoms with Crippen LogP contribution < -0.4 is 10.2 Å². The molecule has 1 unspecified atom stereocenters. The fraction of sp³-hybridized carbons (Fsp3) is 0.545. The molecule has 0 spiro atoms. The Morgan fingerprint density at radius 2 is 2.35 bits per heavy atom. The molecule has 90 valence electrons. The summed E-state index contributed by atoms with van der Waals surface area (Å²) in [5.74, 6) is -0.538. The number of carbonyl (C=O) groups is 1. The molecule has 1 aromatic rings. The number of nitrogens with one attached hydrogen (secondary N) is 1. The van der Waals surface area contributed by atoms with E-state index in [1.54, 1.807) is 0 Å². The van der Waals surface area contributed by atoms with Gasteiger partial charge in [-0.3, -0.25) is 0 Å². The van der Waals surface area contributed by atoms with Gasteiger partial charge in [-0.2, -0.15) is 0 Å². The van der Waals surface area contributed by atoms with E-state index >= 15 is 0 Å². The zero-order valence-corrected chi connectivity index (χ0v) is 9.60. The quantitative estimate of drug-likeness (QED) is 0.751. The molecule has 2 bridgehead atoms. The molecule has 6 nitrogen and oxygen atoms in total. The first-order valence-corrected chi connectivity index (χ1v) is 5.78. The van der Waals surface area contributed by atoms with Crippen LogP contribution in [0.15, 0.2) is 0 Å². The van der Waals surface area contributed by atoms with E-state index in [1.165, 1.54) is 0 Å². The topological polar surface area (TPSA) is 78.3 Å². The Labute approximate surface area is 98.7 Å². The van der Waals surface area contributed by atoms with E-state index < -0.39 is 5.97 Å². The summed E-state index contributed by atoms with van der Waals surface area (Å²) < 4.78 is 0. The molecular weight excluding hydrogens is 220 g/mol. The molecule has 17 heavy (non-hydrogen) atoms. The van der Waals surface area contributed by atoms with Crippen LogP contribution >= 0.6 is 0 Å². The van der Waals surface area contributed by atoms with Crippen LogP contribution in [-0.2, 0) is 0 Å². The molecular formula is C11H14N4O2. The number of carboxylic acids is 1. The Balaban J connectivity index is 2.11. The summed E-state index contributed by atoms with van der Waals surface area (Å²) in [5.41, 5.74) is 1.70. The molecule has 2 aliphatic heterocycles. The lowest BCUT2D eigenvalue weighted by Crippen LogP contribution is -2.47. The smallest absolute Gasteiger partial charge is 0.374 e. The van der Waals surface area contributed by atoms with Crippen molar-refractivity contribution in [2.45, 2.75) is 25.8 Å². The van der Waals surface area contributed by atoms with Gasteiger partial charge in [-0.1, -0.05) is 0 Å². The summed E-state index contributed by atoms with van der Waals surface area (Å²) in [4.78, 5) is 21.3. The maximum atomic E-state index is 10.9. The highest BCUT2D eigenvalue weighted by molar-refractivity contribution is 5.85. The third kappa shape index (κ3) is 1.60. The Morgan fingerprint density at radius 1 is 1.53 bits per heavy atom. The van der Waals surface area contributed by atoms with Crippen molar-refractivity contribution in [3.8, 4) is 0 Å². The Bertz CT molecular complexity index is 489. The van der Waals surface area contributed by atoms with Crippen molar-refractivity contribution in [2.75, 3.05) is 23.3 Å². The molecule has 3 heterocycles. The van der Waals surface area contributed by atoms with E-state index in [0.29, 0.717) is 11.9 Å². The van der Waals surface area contributed by atoms with Crippen molar-refractivity contribution in [1.29, 1.82) is 0 Å². The van der Waals surface area contributed by atoms with Crippen LogP contribution in [0.1, 0.15) is 29.2 Å². The highest BCUT2D eigenvalue weighted by atomic mass is 16.4. The highest BCUT2D eigenvalue weighted by Gasteiger charge is 2.31. The number of hydrogen-bond acceptors (Lipinski definition) is 5. The van der Waals surface area contributed by atoms with Gasteiger partial charge in [-0.15, -0.1) is 0 Å². The van der Waals surface area contributed by atoms with Gasteiger partial charge in [0.05, 0.1) is 5.69 Å². The molecule has 1 atom stereocenters. The lowest BCUT2D eigenvalue weighted by Gasteiger charge is -2.41. The zero-order valence-electron chi connectivity index (χ0n) is 9.60. The van der Waals surface area contributed by atoms with Gasteiger partial charge < -0.3 is 15.3 Å². The molecule has 0 aromatic carbocycles. The summed E-state index contributed by atoms with van der Waals surface area (Å²) in [7, 11) is 0. The number of fused-ring (bicyclic) bond motifs is 4. The summed E-state index contributed by atoms with van der Waals surface area (Å²) in [6.45, 7) is 3.80. The molecule has 1 fully saturated rings. The first-order valence-electron chi connectivity index (χ1n) is 5.78. The van der Waals surface area contributed by atoms with Gasteiger partial charge in [0.2, 0.25) is 5.82 Å². The second-order valence-corrected chi connectivity index (χ2v) is 4.56. The third-order valence-corrected chi connectivity index (χ3v) is 3.33. The van der Waals surface area contributed by atoms with Crippen LogP contribution in [0.25, 0.3) is 0 Å². The largest absolute Gasteiger partial charge is 0.475 e. The van der Waals surface area contributed by atoms with Gasteiger partial charge in [0, 0.05) is 19.1 Å². The fourth-order valence-corrected chi connectivity index (χ4v) is 2.63. The molecule has 2 aliphatic rings. The van der Waals surface area contributed by atoms with E-state index in [2.05, 4.69) is 20.2 Å². The van der Waals surface area contributed by atoms with Crippen LogP contribution in [0.4, 0.5) is 11.5 Å². The Morgan fingerprint density at radius 3 is 3.12 bits per heavy atom. The van der Waals surface area contributed by atoms with E-state index in [0.717, 1.165) is 37.3 Å². The van der Waals surface area contributed by atoms with Crippen molar-refractivity contribution in [3.63, 3.8) is 0 Å². The summed E-state index contributed by atoms with van der Waals surface area (Å²) in [6, 6.07) is 0.382. The number of rotatable bonds is 1. The lowest BCUT2D eigenvalue weighted by atomic mass is 10.0. The third-order valence-electron chi connectivity index (χ3n) is 3.33. The van der Waals surface area contributed by atoms with Crippen LogP contribution in [0.2, 0.25) is 0 Å². The maximum Gasteiger partial charge on any atom is 0.374 e. The van der Waals surface area contributed by atoms with E-state index in [4.69, 9.17) is 5.11 Å². The van der Waals surface area contributed by atoms with Crippen molar-refractivity contribution < 1.29 is 9.90 Å². The summed E-state index contributed by atoms with van der Waals surface area (Å²) in [5, 5.41) is 12.3. The van der Waals surface area contributed by atoms with Crippen molar-refractivity contribution in [1.82, 2.24) is 9.97 Å². The SMILES string of the molecule is Cc1nc(C(=O)O)nc2c1N1CCCC(C1)N2. The molecule has 0 saturated carbocycles. The number of aromatic carboxylic acids is 1. The number of carboxylic acid groups (broad SMARTS) is 1. The molecule has 0 radical (unpaired) electrons. The zero-order chi connectivity index (χ0) is 12.0. The van der Waals surface area contributed by atoms with Gasteiger partial charge in [0.25, 0.3) is 0 Å². The molecule has 1 saturated heterocycles. The van der Waals surface area contributed by atoms with E-state index in [9.17, 15) is 4.79 Å². The molecule has 0 aliphatic carbocycles. The van der Waals surface area contributed by atoms with Crippen molar-refractivity contribution in [2.24, 2.45) is 0 Å². The maximum absolute atomic E-state index is 10.9. The molecule has 6 heteroatoms. The van der Waals surface area contributed by atoms with Gasteiger partial charge in [-0.25, -0.2) is 14.8 Å². The predicted octanol–water partition coefficient (Wildman–Crippen LogP) is 0.878. The predicted molar refractivity (Wildman–Crippen MR) is 62.6 cm³/mol. The second kappa shape index (κ2) is 3.58. The van der Waals surface area contributed by atoms with Gasteiger partial charge in [0.15, 0.2) is 5.82 Å². The van der Waals surface area contributed by atoms with Crippen LogP contribution in [0, 0.1) is 6.92 Å². The van der Waals surface area contributed by atoms with Gasteiger partial charge in [0.1, 0.15) is 5.69 Å². The molecule has 0 amide bonds. The molecule has 3 rings (SSSR count). The minimum absolute atomic E-state index is 0.130. The first-order chi connectivity index (χ1) is 8.15. The number of nitrogens with zero attached hydrogens (tertiary/aromatic N) is 3. The lowest BCUT2D eigenvalue weighted by molar-refractivity contribution is 0.0683. The van der Waals surface area contributed by atoms with E-state index in [-0.39, 0.29) is 5.82 Å². The van der Waals surface area contributed by atoms with Crippen LogP contribution in [-0.4, -0.2) is 40.2 Å². The van der Waals surface area contributed by atoms with Crippen LogP contribution in [0.5, 0.6) is 0 Å². The second-order valence-electron chi connectivity index (χ2n) is 4.56. The minimum Gasteiger partial charge on any atom is -0.475 e. The number of anilines is 2. The Hall–Kier alpha value is -1.85. The molecule has 1 aromatic heterocycles. The van der Waals surface area contributed by atoms with Crippen LogP contribution in [0.3, 0.4) is 0 Å². The summed E-state index contributed by atoms with van der Waals surface area (Å²) >= 11 is 0. The van der Waals surface area contributed by atoms with E-state index in [1.807, 2.05) is 6.92 Å². The highest BCUT2D eigenvalue weighted by Crippen LogP contribution is 2.34. The number of piperidine rings is 1. The monoisotopic (exact) mass is 234 g/mol. The molecule has 2 N–H and O–H groups in total. The van der Waals surface area contributed by atoms with Gasteiger partial charge in [-0.05, 0) is 19.8 Å². The van der Waals surface area contributed by atoms with Crippen molar-refractivity contribution >= 4 is 17.5 Å². The Kier molecular flexibility index (Phi) is 2.17. The van der Waals surface area contributed by atoms with Crippen molar-refractivity contribution in [3.05, 3.63) is 11.5 Å². The normalized spacial score (nSPS) is 21.7. The van der Waals surface area contributed by atoms with Gasteiger partial charge >= 0.3 is 5.97 Å². The number of hydrogen-bond donors (Lipinski definition) is 2. The summed E-state index contributed by atoms with van der Waals surface area (Å²) in [6.07, 6.45) is 2.26. The number of aromatic nitrogens is 2. The fourth-order valence-electron chi connectivity index (χ4n) is 2.63. The standard InChI is InChI=1S/C11H14N4O2/c1-6-8-9(14-10(12-6)11(16)17)13-7-3-2-4-15(8)5-7/h7H,2-5H2,1H3,(H,16,17)(H,12,13,14). The minimum atomic E-state index is -1.08.